The van der Waals surface area contributed by atoms with Crippen LogP contribution in [0.4, 0.5) is 13.2 Å². The summed E-state index contributed by atoms with van der Waals surface area (Å²) in [5.41, 5.74) is -0.115. The number of thioether (sulfide) groups is 1. The highest BCUT2D eigenvalue weighted by atomic mass is 35.5. The molecule has 2 heterocycles. The molecule has 1 unspecified atom stereocenters. The van der Waals surface area contributed by atoms with Gasteiger partial charge in [0.1, 0.15) is 5.03 Å². The van der Waals surface area contributed by atoms with Crippen molar-refractivity contribution in [3.05, 3.63) is 58.7 Å². The number of nitrogens with zero attached hydrogens (tertiary/aromatic N) is 2. The van der Waals surface area contributed by atoms with Crippen LogP contribution in [0.3, 0.4) is 0 Å². The summed E-state index contributed by atoms with van der Waals surface area (Å²) in [4.78, 5) is 18.2. The van der Waals surface area contributed by atoms with Crippen LogP contribution in [-0.4, -0.2) is 47.5 Å². The van der Waals surface area contributed by atoms with Gasteiger partial charge >= 0.3 is 6.18 Å². The first-order chi connectivity index (χ1) is 14.0. The number of carbonyl (C=O) groups is 1. The monoisotopic (exact) mass is 478 g/mol. The molecule has 1 atom stereocenters. The van der Waals surface area contributed by atoms with Gasteiger partial charge < -0.3 is 4.90 Å². The minimum Gasteiger partial charge on any atom is -0.334 e. The van der Waals surface area contributed by atoms with Gasteiger partial charge in [-0.15, -0.1) is 0 Å². The molecule has 162 valence electrons. The first-order valence-electron chi connectivity index (χ1n) is 8.94. The zero-order chi connectivity index (χ0) is 21.9. The number of rotatable bonds is 6. The van der Waals surface area contributed by atoms with Gasteiger partial charge in [-0.1, -0.05) is 53.7 Å². The number of halogens is 4. The van der Waals surface area contributed by atoms with Gasteiger partial charge in [0.2, 0.25) is 5.91 Å². The van der Waals surface area contributed by atoms with E-state index in [-0.39, 0.29) is 39.8 Å². The lowest BCUT2D eigenvalue weighted by Crippen LogP contribution is -2.41. The van der Waals surface area contributed by atoms with Crippen molar-refractivity contribution in [2.75, 3.05) is 17.3 Å². The molecule has 0 radical (unpaired) electrons. The van der Waals surface area contributed by atoms with Crippen LogP contribution in [0, 0.1) is 0 Å². The minimum absolute atomic E-state index is 0.0235. The first-order valence-corrected chi connectivity index (χ1v) is 12.1. The second kappa shape index (κ2) is 9.15. The lowest BCUT2D eigenvalue weighted by atomic mass is 10.1. The zero-order valence-corrected chi connectivity index (χ0v) is 18.0. The lowest BCUT2D eigenvalue weighted by Gasteiger charge is -2.28. The maximum atomic E-state index is 12.9. The number of amides is 1. The summed E-state index contributed by atoms with van der Waals surface area (Å²) >= 11 is 6.83. The van der Waals surface area contributed by atoms with Gasteiger partial charge in [0.15, 0.2) is 9.84 Å². The second-order valence-corrected chi connectivity index (χ2v) is 10.5. The normalized spacial score (nSPS) is 18.3. The lowest BCUT2D eigenvalue weighted by molar-refractivity contribution is -0.138. The van der Waals surface area contributed by atoms with Gasteiger partial charge in [-0.25, -0.2) is 13.4 Å². The molecule has 2 aromatic rings. The molecule has 0 bridgehead atoms. The van der Waals surface area contributed by atoms with E-state index in [1.165, 1.54) is 4.90 Å². The van der Waals surface area contributed by atoms with E-state index in [1.807, 2.05) is 30.3 Å². The average molecular weight is 479 g/mol. The first kappa shape index (κ1) is 22.9. The average Bonchev–Trinajstić information content (AvgIpc) is 3.04. The standard InChI is InChI=1S/C19H18ClF3N2O3S2/c20-16-8-14(19(21,22)23)9-24-18(16)29-11-17(26)25(10-13-4-2-1-3-5-13)15-6-7-30(27,28)12-15/h1-5,8-9,15H,6-7,10-12H2. The Morgan fingerprint density at radius 3 is 2.53 bits per heavy atom. The van der Waals surface area contributed by atoms with E-state index in [9.17, 15) is 26.4 Å². The summed E-state index contributed by atoms with van der Waals surface area (Å²) in [7, 11) is -3.20. The molecule has 0 aliphatic carbocycles. The fourth-order valence-electron chi connectivity index (χ4n) is 3.12. The van der Waals surface area contributed by atoms with Gasteiger partial charge in [0, 0.05) is 18.8 Å². The molecule has 1 fully saturated rings. The molecule has 11 heteroatoms. The van der Waals surface area contributed by atoms with E-state index in [0.717, 1.165) is 23.4 Å². The minimum atomic E-state index is -4.56. The molecule has 0 N–H and O–H groups in total. The highest BCUT2D eigenvalue weighted by Crippen LogP contribution is 2.34. The Hall–Kier alpha value is -1.78. The topological polar surface area (TPSA) is 67.3 Å². The Morgan fingerprint density at radius 1 is 1.27 bits per heavy atom. The third kappa shape index (κ3) is 5.89. The largest absolute Gasteiger partial charge is 0.417 e. The fraction of sp³-hybridized carbons (Fsp3) is 0.368. The molecule has 0 spiro atoms. The fourth-order valence-corrected chi connectivity index (χ4v) is 5.93. The molecule has 1 aliphatic heterocycles. The molecule has 1 amide bonds. The van der Waals surface area contributed by atoms with Crippen LogP contribution >= 0.6 is 23.4 Å². The van der Waals surface area contributed by atoms with Crippen LogP contribution in [-0.2, 0) is 27.4 Å². The van der Waals surface area contributed by atoms with Crippen LogP contribution in [0.25, 0.3) is 0 Å². The molecule has 5 nitrogen and oxygen atoms in total. The van der Waals surface area contributed by atoms with Crippen molar-refractivity contribution in [3.8, 4) is 0 Å². The number of alkyl halides is 3. The van der Waals surface area contributed by atoms with Crippen LogP contribution < -0.4 is 0 Å². The molecule has 30 heavy (non-hydrogen) atoms. The van der Waals surface area contributed by atoms with Crippen molar-refractivity contribution in [1.29, 1.82) is 0 Å². The number of pyridine rings is 1. The predicted octanol–water partition coefficient (Wildman–Crippen LogP) is 4.06. The summed E-state index contributed by atoms with van der Waals surface area (Å²) in [6.07, 6.45) is -3.54. The molecule has 1 aliphatic rings. The van der Waals surface area contributed by atoms with Gasteiger partial charge in [0.25, 0.3) is 0 Å². The van der Waals surface area contributed by atoms with Gasteiger partial charge in [0.05, 0.1) is 27.8 Å². The highest BCUT2D eigenvalue weighted by molar-refractivity contribution is 8.00. The number of hydrogen-bond acceptors (Lipinski definition) is 5. The smallest absolute Gasteiger partial charge is 0.334 e. The van der Waals surface area contributed by atoms with Crippen molar-refractivity contribution in [3.63, 3.8) is 0 Å². The maximum Gasteiger partial charge on any atom is 0.417 e. The SMILES string of the molecule is O=C(CSc1ncc(C(F)(F)F)cc1Cl)N(Cc1ccccc1)C1CCS(=O)(=O)C1. The number of aromatic nitrogens is 1. The molecule has 1 aromatic heterocycles. The Morgan fingerprint density at radius 2 is 1.97 bits per heavy atom. The summed E-state index contributed by atoms with van der Waals surface area (Å²) < 4.78 is 62.0. The molecular weight excluding hydrogens is 461 g/mol. The van der Waals surface area contributed by atoms with E-state index in [2.05, 4.69) is 4.98 Å². The van der Waals surface area contributed by atoms with E-state index in [1.54, 1.807) is 0 Å². The van der Waals surface area contributed by atoms with Crippen LogP contribution in [0.15, 0.2) is 47.6 Å². The van der Waals surface area contributed by atoms with Crippen molar-refractivity contribution in [1.82, 2.24) is 9.88 Å². The summed E-state index contributed by atoms with van der Waals surface area (Å²) in [5, 5.41) is -0.0857. The summed E-state index contributed by atoms with van der Waals surface area (Å²) in [6, 6.07) is 9.49. The van der Waals surface area contributed by atoms with E-state index in [4.69, 9.17) is 11.6 Å². The molecular formula is C19H18ClF3N2O3S2. The van der Waals surface area contributed by atoms with E-state index < -0.39 is 27.6 Å². The Kier molecular flexibility index (Phi) is 6.98. The molecule has 1 aromatic carbocycles. The number of benzene rings is 1. The Balaban J connectivity index is 1.73. The quantitative estimate of drug-likeness (QED) is 0.586. The summed E-state index contributed by atoms with van der Waals surface area (Å²) in [5.74, 6) is -0.532. The Labute approximate surface area is 181 Å². The summed E-state index contributed by atoms with van der Waals surface area (Å²) in [6.45, 7) is 0.245. The number of sulfone groups is 1. The third-order valence-electron chi connectivity index (χ3n) is 4.63. The van der Waals surface area contributed by atoms with E-state index >= 15 is 0 Å². The molecule has 3 rings (SSSR count). The van der Waals surface area contributed by atoms with Crippen molar-refractivity contribution in [2.45, 2.75) is 30.2 Å². The van der Waals surface area contributed by atoms with Crippen LogP contribution in [0.2, 0.25) is 5.02 Å². The number of hydrogen-bond donors (Lipinski definition) is 0. The van der Waals surface area contributed by atoms with Crippen molar-refractivity contribution < 1.29 is 26.4 Å². The maximum absolute atomic E-state index is 12.9. The van der Waals surface area contributed by atoms with Gasteiger partial charge in [-0.3, -0.25) is 4.79 Å². The van der Waals surface area contributed by atoms with Crippen molar-refractivity contribution in [2.24, 2.45) is 0 Å². The zero-order valence-electron chi connectivity index (χ0n) is 15.6. The van der Waals surface area contributed by atoms with Gasteiger partial charge in [-0.2, -0.15) is 13.2 Å². The van der Waals surface area contributed by atoms with Crippen LogP contribution in [0.1, 0.15) is 17.5 Å². The number of carbonyl (C=O) groups excluding carboxylic acids is 1. The Bertz CT molecular complexity index is 1020. The van der Waals surface area contributed by atoms with Crippen molar-refractivity contribution >= 4 is 39.1 Å². The highest BCUT2D eigenvalue weighted by Gasteiger charge is 2.35. The molecule has 1 saturated heterocycles. The molecule has 0 saturated carbocycles. The van der Waals surface area contributed by atoms with E-state index in [0.29, 0.717) is 12.6 Å². The second-order valence-electron chi connectivity index (χ2n) is 6.86. The van der Waals surface area contributed by atoms with Gasteiger partial charge in [-0.05, 0) is 18.1 Å². The van der Waals surface area contributed by atoms with Crippen LogP contribution in [0.5, 0.6) is 0 Å². The predicted molar refractivity (Wildman–Crippen MR) is 109 cm³/mol. The third-order valence-corrected chi connectivity index (χ3v) is 7.77.